The number of rotatable bonds is 6. The summed E-state index contributed by atoms with van der Waals surface area (Å²) in [5, 5.41) is 15.4. The highest BCUT2D eigenvalue weighted by Gasteiger charge is 2.17. The van der Waals surface area contributed by atoms with Crippen LogP contribution in [0.2, 0.25) is 0 Å². The van der Waals surface area contributed by atoms with Gasteiger partial charge in [-0.15, -0.1) is 0 Å². The highest BCUT2D eigenvalue weighted by atomic mass is 32.1. The van der Waals surface area contributed by atoms with E-state index in [4.69, 9.17) is 5.11 Å². The number of carboxylic acids is 1. The van der Waals surface area contributed by atoms with E-state index in [9.17, 15) is 9.59 Å². The van der Waals surface area contributed by atoms with Crippen LogP contribution in [-0.4, -0.2) is 35.6 Å². The maximum Gasteiger partial charge on any atom is 0.317 e. The van der Waals surface area contributed by atoms with E-state index < -0.39 is 11.9 Å². The molecule has 5 nitrogen and oxygen atoms in total. The molecule has 0 radical (unpaired) electrons. The summed E-state index contributed by atoms with van der Waals surface area (Å²) in [5.41, 5.74) is 1.07. The lowest BCUT2D eigenvalue weighted by Gasteiger charge is -2.19. The molecule has 0 aromatic carbocycles. The van der Waals surface area contributed by atoms with Crippen LogP contribution in [0, 0.1) is 5.92 Å². The number of nitrogens with zero attached hydrogens (tertiary/aromatic N) is 1. The molecule has 1 atom stereocenters. The van der Waals surface area contributed by atoms with Crippen LogP contribution in [-0.2, 0) is 11.3 Å². The van der Waals surface area contributed by atoms with Gasteiger partial charge in [-0.2, -0.15) is 11.3 Å². The Hall–Kier alpha value is -1.56. The summed E-state index contributed by atoms with van der Waals surface area (Å²) in [7, 11) is 1.69. The molecule has 1 aromatic heterocycles. The molecule has 0 saturated heterocycles. The van der Waals surface area contributed by atoms with Crippen LogP contribution in [0.25, 0.3) is 0 Å². The second-order valence-electron chi connectivity index (χ2n) is 4.12. The number of aliphatic carboxylic acids is 1. The van der Waals surface area contributed by atoms with Crippen LogP contribution < -0.4 is 5.32 Å². The number of thiophene rings is 1. The summed E-state index contributed by atoms with van der Waals surface area (Å²) in [4.78, 5) is 24.1. The third-order valence-corrected chi connectivity index (χ3v) is 3.42. The van der Waals surface area contributed by atoms with Gasteiger partial charge in [0.15, 0.2) is 0 Å². The minimum absolute atomic E-state index is 0.165. The Labute approximate surface area is 110 Å². The van der Waals surface area contributed by atoms with Crippen molar-refractivity contribution in [2.45, 2.75) is 19.9 Å². The summed E-state index contributed by atoms with van der Waals surface area (Å²) in [6, 6.07) is 1.71. The molecule has 2 amide bonds. The number of hydrogen-bond acceptors (Lipinski definition) is 3. The summed E-state index contributed by atoms with van der Waals surface area (Å²) in [6.45, 7) is 2.48. The lowest BCUT2D eigenvalue weighted by atomic mass is 10.1. The van der Waals surface area contributed by atoms with Gasteiger partial charge < -0.3 is 15.3 Å². The number of urea groups is 1. The molecular formula is C12H18N2O3S. The van der Waals surface area contributed by atoms with E-state index in [0.717, 1.165) is 5.56 Å². The first-order chi connectivity index (χ1) is 8.54. The largest absolute Gasteiger partial charge is 0.481 e. The van der Waals surface area contributed by atoms with Crippen LogP contribution in [0.5, 0.6) is 0 Å². The second kappa shape index (κ2) is 7.00. The molecule has 1 unspecified atom stereocenters. The average Bonchev–Trinajstić information content (AvgIpc) is 2.81. The van der Waals surface area contributed by atoms with Crippen LogP contribution >= 0.6 is 11.3 Å². The highest BCUT2D eigenvalue weighted by Crippen LogP contribution is 2.08. The minimum atomic E-state index is -0.877. The predicted octanol–water partition coefficient (Wildman–Crippen LogP) is 2.00. The number of carboxylic acid groups (broad SMARTS) is 1. The first-order valence-electron chi connectivity index (χ1n) is 5.77. The van der Waals surface area contributed by atoms with E-state index in [-0.39, 0.29) is 12.6 Å². The van der Waals surface area contributed by atoms with Gasteiger partial charge in [0.2, 0.25) is 0 Å². The number of carbonyl (C=O) groups excluding carboxylic acids is 1. The molecule has 1 rings (SSSR count). The molecule has 0 spiro atoms. The Kier molecular flexibility index (Phi) is 5.64. The molecule has 2 N–H and O–H groups in total. The van der Waals surface area contributed by atoms with Crippen molar-refractivity contribution in [2.75, 3.05) is 13.6 Å². The Morgan fingerprint density at radius 1 is 1.56 bits per heavy atom. The Morgan fingerprint density at radius 2 is 2.28 bits per heavy atom. The topological polar surface area (TPSA) is 69.6 Å². The van der Waals surface area contributed by atoms with Crippen molar-refractivity contribution >= 4 is 23.3 Å². The monoisotopic (exact) mass is 270 g/mol. The van der Waals surface area contributed by atoms with Crippen molar-refractivity contribution in [3.8, 4) is 0 Å². The fraction of sp³-hybridized carbons (Fsp3) is 0.500. The standard InChI is InChI=1S/C12H18N2O3S/c1-3-10(11(15)16)6-13-12(17)14(2)7-9-4-5-18-8-9/h4-5,8,10H,3,6-7H2,1-2H3,(H,13,17)(H,15,16). The number of amides is 2. The molecule has 0 saturated carbocycles. The predicted molar refractivity (Wildman–Crippen MR) is 70.6 cm³/mol. The highest BCUT2D eigenvalue weighted by molar-refractivity contribution is 7.07. The molecular weight excluding hydrogens is 252 g/mol. The summed E-state index contributed by atoms with van der Waals surface area (Å²) in [5.74, 6) is -1.40. The first-order valence-corrected chi connectivity index (χ1v) is 6.71. The Balaban J connectivity index is 2.38. The van der Waals surface area contributed by atoms with Crippen molar-refractivity contribution < 1.29 is 14.7 Å². The number of nitrogens with one attached hydrogen (secondary N) is 1. The summed E-state index contributed by atoms with van der Waals surface area (Å²) in [6.07, 6.45) is 0.504. The van der Waals surface area contributed by atoms with Crippen molar-refractivity contribution in [1.29, 1.82) is 0 Å². The van der Waals surface area contributed by atoms with Gasteiger partial charge in [-0.05, 0) is 28.8 Å². The molecule has 0 aliphatic heterocycles. The fourth-order valence-corrected chi connectivity index (χ4v) is 2.14. The lowest BCUT2D eigenvalue weighted by Crippen LogP contribution is -2.40. The van der Waals surface area contributed by atoms with Crippen LogP contribution in [0.4, 0.5) is 4.79 Å². The van der Waals surface area contributed by atoms with Crippen molar-refractivity contribution in [3.63, 3.8) is 0 Å². The van der Waals surface area contributed by atoms with E-state index in [0.29, 0.717) is 13.0 Å². The molecule has 0 bridgehead atoms. The minimum Gasteiger partial charge on any atom is -0.481 e. The Morgan fingerprint density at radius 3 is 2.78 bits per heavy atom. The zero-order valence-electron chi connectivity index (χ0n) is 10.5. The zero-order valence-corrected chi connectivity index (χ0v) is 11.4. The van der Waals surface area contributed by atoms with Gasteiger partial charge in [-0.3, -0.25) is 4.79 Å². The Bertz CT molecular complexity index is 392. The second-order valence-corrected chi connectivity index (χ2v) is 4.90. The van der Waals surface area contributed by atoms with Gasteiger partial charge in [-0.1, -0.05) is 6.92 Å². The van der Waals surface area contributed by atoms with E-state index in [1.807, 2.05) is 16.8 Å². The van der Waals surface area contributed by atoms with E-state index in [1.165, 1.54) is 4.90 Å². The molecule has 18 heavy (non-hydrogen) atoms. The van der Waals surface area contributed by atoms with Crippen LogP contribution in [0.15, 0.2) is 16.8 Å². The fourth-order valence-electron chi connectivity index (χ4n) is 1.48. The average molecular weight is 270 g/mol. The molecule has 6 heteroatoms. The van der Waals surface area contributed by atoms with Crippen molar-refractivity contribution in [1.82, 2.24) is 10.2 Å². The zero-order chi connectivity index (χ0) is 13.5. The molecule has 1 heterocycles. The summed E-state index contributed by atoms with van der Waals surface area (Å²) >= 11 is 1.58. The molecule has 0 aliphatic rings. The van der Waals surface area contributed by atoms with Crippen molar-refractivity contribution in [3.05, 3.63) is 22.4 Å². The van der Waals surface area contributed by atoms with Crippen LogP contribution in [0.1, 0.15) is 18.9 Å². The van der Waals surface area contributed by atoms with Gasteiger partial charge >= 0.3 is 12.0 Å². The molecule has 0 aliphatic carbocycles. The molecule has 1 aromatic rings. The van der Waals surface area contributed by atoms with E-state index in [2.05, 4.69) is 5.32 Å². The van der Waals surface area contributed by atoms with Gasteiger partial charge in [0, 0.05) is 20.1 Å². The van der Waals surface area contributed by atoms with Crippen LogP contribution in [0.3, 0.4) is 0 Å². The maximum absolute atomic E-state index is 11.7. The smallest absolute Gasteiger partial charge is 0.317 e. The van der Waals surface area contributed by atoms with Gasteiger partial charge in [-0.25, -0.2) is 4.79 Å². The number of hydrogen-bond donors (Lipinski definition) is 2. The van der Waals surface area contributed by atoms with Crippen molar-refractivity contribution in [2.24, 2.45) is 5.92 Å². The van der Waals surface area contributed by atoms with Gasteiger partial charge in [0.1, 0.15) is 0 Å². The quantitative estimate of drug-likeness (QED) is 0.830. The SMILES string of the molecule is CCC(CNC(=O)N(C)Cc1ccsc1)C(=O)O. The third kappa shape index (κ3) is 4.37. The third-order valence-electron chi connectivity index (χ3n) is 2.69. The van der Waals surface area contributed by atoms with E-state index in [1.54, 1.807) is 25.3 Å². The number of carbonyl (C=O) groups is 2. The molecule has 0 fully saturated rings. The summed E-state index contributed by atoms with van der Waals surface area (Å²) < 4.78 is 0. The molecule has 100 valence electrons. The normalized spacial score (nSPS) is 11.9. The van der Waals surface area contributed by atoms with E-state index >= 15 is 0 Å². The lowest BCUT2D eigenvalue weighted by molar-refractivity contribution is -0.141. The van der Waals surface area contributed by atoms with Gasteiger partial charge in [0.05, 0.1) is 5.92 Å². The maximum atomic E-state index is 11.7. The first kappa shape index (κ1) is 14.5. The van der Waals surface area contributed by atoms with Gasteiger partial charge in [0.25, 0.3) is 0 Å².